The molecule has 0 aliphatic heterocycles. The summed E-state index contributed by atoms with van der Waals surface area (Å²) in [4.78, 5) is 4.91. The summed E-state index contributed by atoms with van der Waals surface area (Å²) >= 11 is 0. The van der Waals surface area contributed by atoms with E-state index in [0.717, 1.165) is 16.8 Å². The fraction of sp³-hybridized carbons (Fsp3) is 0.480. The lowest BCUT2D eigenvalue weighted by molar-refractivity contribution is 0.446. The van der Waals surface area contributed by atoms with Gasteiger partial charge in [-0.15, -0.1) is 0 Å². The van der Waals surface area contributed by atoms with Crippen LogP contribution in [0, 0.1) is 0 Å². The maximum atomic E-state index is 10.8. The zero-order valence-electron chi connectivity index (χ0n) is 18.4. The van der Waals surface area contributed by atoms with Crippen LogP contribution in [-0.4, -0.2) is 11.3 Å². The molecule has 0 aliphatic rings. The van der Waals surface area contributed by atoms with Crippen LogP contribution in [0.25, 0.3) is 0 Å². The van der Waals surface area contributed by atoms with Crippen molar-refractivity contribution in [2.45, 2.75) is 78.6 Å². The molecule has 1 N–H and O–H groups in total. The molecule has 0 aromatic heterocycles. The van der Waals surface area contributed by atoms with Gasteiger partial charge in [-0.2, -0.15) is 0 Å². The summed E-state index contributed by atoms with van der Waals surface area (Å²) in [5.74, 6) is 0.319. The second kappa shape index (κ2) is 7.14. The fourth-order valence-electron chi connectivity index (χ4n) is 3.30. The molecule has 0 unspecified atom stereocenters. The highest BCUT2D eigenvalue weighted by atomic mass is 16.3. The van der Waals surface area contributed by atoms with E-state index in [-0.39, 0.29) is 16.2 Å². The van der Waals surface area contributed by atoms with E-state index >= 15 is 0 Å². The highest BCUT2D eigenvalue weighted by molar-refractivity contribution is 5.87. The molecule has 0 fully saturated rings. The summed E-state index contributed by atoms with van der Waals surface area (Å²) in [5, 5.41) is 10.8. The lowest BCUT2D eigenvalue weighted by Gasteiger charge is -2.28. The summed E-state index contributed by atoms with van der Waals surface area (Å²) in [5.41, 5.74) is 5.01. The second-order valence-corrected chi connectivity index (χ2v) is 10.5. The van der Waals surface area contributed by atoms with Crippen molar-refractivity contribution in [1.29, 1.82) is 0 Å². The topological polar surface area (TPSA) is 32.6 Å². The van der Waals surface area contributed by atoms with Crippen LogP contribution in [-0.2, 0) is 16.2 Å². The lowest BCUT2D eigenvalue weighted by atomic mass is 9.79. The quantitative estimate of drug-likeness (QED) is 0.569. The third kappa shape index (κ3) is 4.80. The van der Waals surface area contributed by atoms with E-state index in [1.165, 1.54) is 11.1 Å². The standard InChI is InChI=1S/C25H35NO/c1-23(2,3)18-13-11-14-19(24(4,5)6)21(18)26-16-17-12-10-15-20(22(17)27)25(7,8)9/h10-16,27H,1-9H3. The maximum Gasteiger partial charge on any atom is 0.128 e. The third-order valence-corrected chi connectivity index (χ3v) is 4.86. The van der Waals surface area contributed by atoms with Gasteiger partial charge in [0.15, 0.2) is 0 Å². The van der Waals surface area contributed by atoms with Crippen molar-refractivity contribution < 1.29 is 5.11 Å². The molecule has 0 saturated heterocycles. The minimum Gasteiger partial charge on any atom is -0.507 e. The van der Waals surface area contributed by atoms with Gasteiger partial charge in [0, 0.05) is 11.8 Å². The van der Waals surface area contributed by atoms with Crippen LogP contribution in [0.5, 0.6) is 5.75 Å². The molecule has 0 bridgehead atoms. The van der Waals surface area contributed by atoms with Gasteiger partial charge < -0.3 is 5.11 Å². The van der Waals surface area contributed by atoms with Crippen molar-refractivity contribution in [3.8, 4) is 5.75 Å². The van der Waals surface area contributed by atoms with Crippen LogP contribution < -0.4 is 0 Å². The summed E-state index contributed by atoms with van der Waals surface area (Å²) in [7, 11) is 0. The lowest BCUT2D eigenvalue weighted by Crippen LogP contribution is -2.17. The van der Waals surface area contributed by atoms with Gasteiger partial charge in [0.2, 0.25) is 0 Å². The van der Waals surface area contributed by atoms with Crippen LogP contribution in [0.2, 0.25) is 0 Å². The Morgan fingerprint density at radius 2 is 1.07 bits per heavy atom. The Kier molecular flexibility index (Phi) is 5.61. The molecule has 2 aromatic carbocycles. The van der Waals surface area contributed by atoms with Crippen molar-refractivity contribution in [2.75, 3.05) is 0 Å². The van der Waals surface area contributed by atoms with Crippen LogP contribution >= 0.6 is 0 Å². The first-order chi connectivity index (χ1) is 12.2. The molecule has 2 rings (SSSR count). The van der Waals surface area contributed by atoms with Crippen LogP contribution in [0.15, 0.2) is 41.4 Å². The number of para-hydroxylation sites is 2. The van der Waals surface area contributed by atoms with Gasteiger partial charge in [0.25, 0.3) is 0 Å². The normalized spacial score (nSPS) is 13.4. The first kappa shape index (κ1) is 21.2. The molecule has 2 aromatic rings. The fourth-order valence-corrected chi connectivity index (χ4v) is 3.30. The predicted octanol–water partition coefficient (Wildman–Crippen LogP) is 7.04. The predicted molar refractivity (Wildman–Crippen MR) is 118 cm³/mol. The van der Waals surface area contributed by atoms with E-state index in [9.17, 15) is 5.11 Å². The molecule has 0 saturated carbocycles. The molecule has 2 nitrogen and oxygen atoms in total. The van der Waals surface area contributed by atoms with Gasteiger partial charge in [-0.25, -0.2) is 0 Å². The Morgan fingerprint density at radius 1 is 0.667 bits per heavy atom. The third-order valence-electron chi connectivity index (χ3n) is 4.86. The van der Waals surface area contributed by atoms with Crippen molar-refractivity contribution >= 4 is 11.9 Å². The monoisotopic (exact) mass is 365 g/mol. The second-order valence-electron chi connectivity index (χ2n) is 10.5. The van der Waals surface area contributed by atoms with Crippen LogP contribution in [0.4, 0.5) is 5.69 Å². The number of benzene rings is 2. The van der Waals surface area contributed by atoms with E-state index < -0.39 is 0 Å². The number of hydrogen-bond donors (Lipinski definition) is 1. The smallest absolute Gasteiger partial charge is 0.128 e. The van der Waals surface area contributed by atoms with Crippen molar-refractivity contribution in [3.63, 3.8) is 0 Å². The molecule has 146 valence electrons. The summed E-state index contributed by atoms with van der Waals surface area (Å²) in [6.45, 7) is 19.6. The Bertz CT molecular complexity index is 808. The van der Waals surface area contributed by atoms with E-state index in [0.29, 0.717) is 5.75 Å². The molecule has 0 heterocycles. The average Bonchev–Trinajstić information content (AvgIpc) is 2.50. The van der Waals surface area contributed by atoms with Crippen molar-refractivity contribution in [1.82, 2.24) is 0 Å². The minimum absolute atomic E-state index is 0.0107. The maximum absolute atomic E-state index is 10.8. The zero-order chi connectivity index (χ0) is 20.6. The SMILES string of the molecule is CC(C)(C)c1cccc(C=Nc2c(C(C)(C)C)cccc2C(C)(C)C)c1O. The largest absolute Gasteiger partial charge is 0.507 e. The first-order valence-electron chi connectivity index (χ1n) is 9.73. The highest BCUT2D eigenvalue weighted by Gasteiger charge is 2.25. The molecular formula is C25H35NO. The van der Waals surface area contributed by atoms with E-state index in [2.05, 4.69) is 80.5 Å². The van der Waals surface area contributed by atoms with E-state index in [1.54, 1.807) is 0 Å². The van der Waals surface area contributed by atoms with Gasteiger partial charge in [-0.3, -0.25) is 4.99 Å². The number of phenolic OH excluding ortho intramolecular Hbond substituents is 1. The number of phenols is 1. The molecular weight excluding hydrogens is 330 g/mol. The molecule has 0 spiro atoms. The zero-order valence-corrected chi connectivity index (χ0v) is 18.4. The van der Waals surface area contributed by atoms with Gasteiger partial charge in [0.1, 0.15) is 5.75 Å². The molecule has 0 amide bonds. The summed E-state index contributed by atoms with van der Waals surface area (Å²) < 4.78 is 0. The Hall–Kier alpha value is -2.09. The number of rotatable bonds is 2. The van der Waals surface area contributed by atoms with Crippen LogP contribution in [0.3, 0.4) is 0 Å². The first-order valence-corrected chi connectivity index (χ1v) is 9.73. The Morgan fingerprint density at radius 3 is 1.52 bits per heavy atom. The van der Waals surface area contributed by atoms with Crippen molar-refractivity contribution in [3.05, 3.63) is 58.7 Å². The van der Waals surface area contributed by atoms with Crippen LogP contribution in [0.1, 0.15) is 84.6 Å². The average molecular weight is 366 g/mol. The molecule has 0 radical (unpaired) electrons. The number of aromatic hydroxyl groups is 1. The number of nitrogens with zero attached hydrogens (tertiary/aromatic N) is 1. The van der Waals surface area contributed by atoms with Gasteiger partial charge in [-0.1, -0.05) is 92.6 Å². The number of aliphatic imine (C=N–C) groups is 1. The van der Waals surface area contributed by atoms with E-state index in [1.807, 2.05) is 24.4 Å². The number of hydrogen-bond acceptors (Lipinski definition) is 2. The molecule has 27 heavy (non-hydrogen) atoms. The Balaban J connectivity index is 2.64. The van der Waals surface area contributed by atoms with Gasteiger partial charge >= 0.3 is 0 Å². The summed E-state index contributed by atoms with van der Waals surface area (Å²) in [6.07, 6.45) is 1.81. The Labute approximate surface area is 165 Å². The van der Waals surface area contributed by atoms with Gasteiger partial charge in [-0.05, 0) is 39.0 Å². The van der Waals surface area contributed by atoms with Crippen molar-refractivity contribution in [2.24, 2.45) is 4.99 Å². The summed E-state index contributed by atoms with van der Waals surface area (Å²) in [6, 6.07) is 12.3. The molecule has 2 heteroatoms. The van der Waals surface area contributed by atoms with Gasteiger partial charge in [0.05, 0.1) is 5.69 Å². The van der Waals surface area contributed by atoms with E-state index in [4.69, 9.17) is 4.99 Å². The molecule has 0 aliphatic carbocycles. The minimum atomic E-state index is -0.117. The molecule has 0 atom stereocenters. The highest BCUT2D eigenvalue weighted by Crippen LogP contribution is 2.40.